The Balaban J connectivity index is 0.000000228. The topological polar surface area (TPSA) is 57.5 Å². The minimum Gasteiger partial charge on any atom is -0.508 e. The van der Waals surface area contributed by atoms with E-state index in [0.717, 1.165) is 5.75 Å². The van der Waals surface area contributed by atoms with Gasteiger partial charge in [0.25, 0.3) is 0 Å². The van der Waals surface area contributed by atoms with E-state index in [1.165, 1.54) is 10.5 Å². The first kappa shape index (κ1) is 19.3. The summed E-state index contributed by atoms with van der Waals surface area (Å²) in [5.74, 6) is 0.365. The van der Waals surface area contributed by atoms with E-state index >= 15 is 0 Å². The molecule has 0 unspecified atom stereocenters. The molecule has 3 nitrogen and oxygen atoms in total. The summed E-state index contributed by atoms with van der Waals surface area (Å²) in [5.41, 5.74) is 1.55. The Labute approximate surface area is 157 Å². The lowest BCUT2D eigenvalue weighted by molar-refractivity contribution is 0.0697. The molecule has 2 N–H and O–H groups in total. The Morgan fingerprint density at radius 2 is 1.42 bits per heavy atom. The number of aromatic hydroxyl groups is 1. The molecule has 0 saturated heterocycles. The van der Waals surface area contributed by atoms with E-state index in [0.29, 0.717) is 11.3 Å². The Bertz CT molecular complexity index is 813. The van der Waals surface area contributed by atoms with Crippen molar-refractivity contribution in [2.24, 2.45) is 0 Å². The van der Waals surface area contributed by atoms with Crippen molar-refractivity contribution in [2.75, 3.05) is 5.75 Å². The molecule has 0 radical (unpaired) electrons. The molecule has 0 heterocycles. The molecule has 3 aromatic rings. The van der Waals surface area contributed by atoms with Crippen LogP contribution in [0.5, 0.6) is 5.75 Å². The summed E-state index contributed by atoms with van der Waals surface area (Å²) < 4.78 is 0. The molecule has 0 atom stereocenters. The molecule has 132 valence electrons. The largest absolute Gasteiger partial charge is 0.508 e. The van der Waals surface area contributed by atoms with Crippen molar-refractivity contribution in [3.05, 3.63) is 102 Å². The zero-order valence-corrected chi connectivity index (χ0v) is 15.0. The van der Waals surface area contributed by atoms with Crippen molar-refractivity contribution in [3.63, 3.8) is 0 Å². The third kappa shape index (κ3) is 7.28. The van der Waals surface area contributed by atoms with Crippen LogP contribution in [-0.2, 0) is 0 Å². The number of carbonyl (C=O) groups is 1. The summed E-state index contributed by atoms with van der Waals surface area (Å²) >= 11 is 1.75. The van der Waals surface area contributed by atoms with Crippen molar-refractivity contribution in [1.82, 2.24) is 0 Å². The quantitative estimate of drug-likeness (QED) is 0.580. The van der Waals surface area contributed by atoms with Crippen molar-refractivity contribution in [3.8, 4) is 5.75 Å². The van der Waals surface area contributed by atoms with E-state index in [1.54, 1.807) is 54.2 Å². The van der Waals surface area contributed by atoms with Crippen LogP contribution in [0.1, 0.15) is 15.9 Å². The van der Waals surface area contributed by atoms with Crippen LogP contribution in [-0.4, -0.2) is 21.9 Å². The zero-order valence-electron chi connectivity index (χ0n) is 14.2. The number of rotatable bonds is 5. The number of carboxylic acid groups (broad SMARTS) is 1. The Morgan fingerprint density at radius 3 is 1.96 bits per heavy atom. The highest BCUT2D eigenvalue weighted by Crippen LogP contribution is 2.20. The smallest absolute Gasteiger partial charge is 0.335 e. The fraction of sp³-hybridized carbons (Fsp3) is 0.0455. The van der Waals surface area contributed by atoms with Gasteiger partial charge >= 0.3 is 5.97 Å². The van der Waals surface area contributed by atoms with Gasteiger partial charge in [0.05, 0.1) is 5.56 Å². The number of hydrogen-bond acceptors (Lipinski definition) is 3. The van der Waals surface area contributed by atoms with Gasteiger partial charge in [-0.15, -0.1) is 11.8 Å². The minimum atomic E-state index is -0.879. The second-order valence-electron chi connectivity index (χ2n) is 5.29. The fourth-order valence-corrected chi connectivity index (χ4v) is 2.73. The second kappa shape index (κ2) is 10.8. The maximum absolute atomic E-state index is 10.2. The average molecular weight is 364 g/mol. The van der Waals surface area contributed by atoms with E-state index < -0.39 is 5.97 Å². The SMILES string of the molecule is O=C(O)c1ccccc1.Oc1ccc(SCC=Cc2ccccc2)cc1. The number of phenols is 1. The summed E-state index contributed by atoms with van der Waals surface area (Å²) in [6.45, 7) is 0. The number of hydrogen-bond donors (Lipinski definition) is 2. The lowest BCUT2D eigenvalue weighted by atomic mass is 10.2. The minimum absolute atomic E-state index is 0.314. The number of benzene rings is 3. The van der Waals surface area contributed by atoms with Crippen LogP contribution in [0, 0.1) is 0 Å². The van der Waals surface area contributed by atoms with Crippen LogP contribution in [0.25, 0.3) is 6.08 Å². The van der Waals surface area contributed by atoms with Gasteiger partial charge in [0.15, 0.2) is 0 Å². The summed E-state index contributed by atoms with van der Waals surface area (Å²) in [5, 5.41) is 17.5. The molecule has 0 spiro atoms. The molecule has 0 aliphatic heterocycles. The first-order valence-electron chi connectivity index (χ1n) is 8.07. The summed E-state index contributed by atoms with van der Waals surface area (Å²) in [4.78, 5) is 11.4. The number of carboxylic acids is 1. The maximum atomic E-state index is 10.2. The molecule has 0 bridgehead atoms. The third-order valence-corrected chi connectivity index (χ3v) is 4.28. The molecular weight excluding hydrogens is 344 g/mol. The van der Waals surface area contributed by atoms with Crippen molar-refractivity contribution < 1.29 is 15.0 Å². The van der Waals surface area contributed by atoms with Gasteiger partial charge in [-0.3, -0.25) is 0 Å². The molecule has 0 aliphatic rings. The van der Waals surface area contributed by atoms with Gasteiger partial charge in [0, 0.05) is 10.6 Å². The summed E-state index contributed by atoms with van der Waals surface area (Å²) in [6.07, 6.45) is 4.26. The van der Waals surface area contributed by atoms with Gasteiger partial charge in [-0.2, -0.15) is 0 Å². The van der Waals surface area contributed by atoms with Crippen molar-refractivity contribution in [1.29, 1.82) is 0 Å². The molecule has 0 aliphatic carbocycles. The second-order valence-corrected chi connectivity index (χ2v) is 6.38. The molecule has 0 fully saturated rings. The van der Waals surface area contributed by atoms with Gasteiger partial charge in [-0.05, 0) is 42.0 Å². The Hall–Kier alpha value is -2.98. The predicted octanol–water partition coefficient (Wildman–Crippen LogP) is 5.58. The highest BCUT2D eigenvalue weighted by Gasteiger charge is 1.96. The van der Waals surface area contributed by atoms with Gasteiger partial charge in [-0.1, -0.05) is 60.7 Å². The van der Waals surface area contributed by atoms with Gasteiger partial charge < -0.3 is 10.2 Å². The fourth-order valence-electron chi connectivity index (χ4n) is 2.02. The molecule has 3 rings (SSSR count). The van der Waals surface area contributed by atoms with E-state index in [9.17, 15) is 4.79 Å². The molecule has 4 heteroatoms. The molecular formula is C22H20O3S. The first-order chi connectivity index (χ1) is 12.6. The van der Waals surface area contributed by atoms with Crippen LogP contribution < -0.4 is 0 Å². The lowest BCUT2D eigenvalue weighted by Crippen LogP contribution is -1.93. The molecule has 3 aromatic carbocycles. The number of phenolic OH excluding ortho intramolecular Hbond substituents is 1. The van der Waals surface area contributed by atoms with E-state index in [1.807, 2.05) is 30.3 Å². The predicted molar refractivity (Wildman–Crippen MR) is 108 cm³/mol. The maximum Gasteiger partial charge on any atom is 0.335 e. The molecule has 0 saturated carbocycles. The van der Waals surface area contributed by atoms with Crippen molar-refractivity contribution in [2.45, 2.75) is 4.90 Å². The van der Waals surface area contributed by atoms with E-state index in [2.05, 4.69) is 24.3 Å². The molecule has 0 amide bonds. The molecule has 26 heavy (non-hydrogen) atoms. The van der Waals surface area contributed by atoms with Crippen LogP contribution in [0.3, 0.4) is 0 Å². The summed E-state index contributed by atoms with van der Waals surface area (Å²) in [6, 6.07) is 25.8. The third-order valence-electron chi connectivity index (χ3n) is 3.31. The monoisotopic (exact) mass is 364 g/mol. The normalized spacial score (nSPS) is 10.2. The van der Waals surface area contributed by atoms with E-state index in [4.69, 9.17) is 10.2 Å². The number of thioether (sulfide) groups is 1. The van der Waals surface area contributed by atoms with Crippen LogP contribution in [0.15, 0.2) is 95.9 Å². The van der Waals surface area contributed by atoms with Gasteiger partial charge in [-0.25, -0.2) is 4.79 Å². The average Bonchev–Trinajstić information content (AvgIpc) is 2.69. The van der Waals surface area contributed by atoms with Crippen molar-refractivity contribution >= 4 is 23.8 Å². The van der Waals surface area contributed by atoms with Crippen LogP contribution >= 0.6 is 11.8 Å². The summed E-state index contributed by atoms with van der Waals surface area (Å²) in [7, 11) is 0. The lowest BCUT2D eigenvalue weighted by Gasteiger charge is -1.98. The first-order valence-corrected chi connectivity index (χ1v) is 9.05. The Morgan fingerprint density at radius 1 is 0.846 bits per heavy atom. The van der Waals surface area contributed by atoms with Gasteiger partial charge in [0.1, 0.15) is 5.75 Å². The van der Waals surface area contributed by atoms with E-state index in [-0.39, 0.29) is 0 Å². The highest BCUT2D eigenvalue weighted by atomic mass is 32.2. The number of aromatic carboxylic acids is 1. The highest BCUT2D eigenvalue weighted by molar-refractivity contribution is 7.99. The Kier molecular flexibility index (Phi) is 8.03. The van der Waals surface area contributed by atoms with Gasteiger partial charge in [0.2, 0.25) is 0 Å². The zero-order chi connectivity index (χ0) is 18.6. The molecule has 0 aromatic heterocycles. The van der Waals surface area contributed by atoms with Crippen LogP contribution in [0.2, 0.25) is 0 Å². The van der Waals surface area contributed by atoms with Crippen LogP contribution in [0.4, 0.5) is 0 Å². The standard InChI is InChI=1S/C15H14OS.C7H6O2/c16-14-8-10-15(11-9-14)17-12-4-7-13-5-2-1-3-6-13;8-7(9)6-4-2-1-3-5-6/h1-11,16H,12H2;1-5H,(H,8,9).